The van der Waals surface area contributed by atoms with E-state index in [1.807, 2.05) is 0 Å². The SMILES string of the molecule is CCOC(=O)COc1c(Cl)cc(CO)cc1Br. The minimum atomic E-state index is -0.457. The van der Waals surface area contributed by atoms with Gasteiger partial charge in [-0.3, -0.25) is 0 Å². The topological polar surface area (TPSA) is 55.8 Å². The number of aliphatic hydroxyl groups excluding tert-OH is 1. The van der Waals surface area contributed by atoms with Gasteiger partial charge in [0.05, 0.1) is 22.7 Å². The summed E-state index contributed by atoms with van der Waals surface area (Å²) in [5, 5.41) is 9.30. The van der Waals surface area contributed by atoms with Crippen LogP contribution in [0.2, 0.25) is 5.02 Å². The smallest absolute Gasteiger partial charge is 0.344 e. The lowest BCUT2D eigenvalue weighted by Crippen LogP contribution is -2.15. The molecule has 0 amide bonds. The number of ether oxygens (including phenoxy) is 2. The van der Waals surface area contributed by atoms with E-state index in [-0.39, 0.29) is 13.2 Å². The molecule has 0 spiro atoms. The number of aliphatic hydroxyl groups is 1. The van der Waals surface area contributed by atoms with Gasteiger partial charge >= 0.3 is 5.97 Å². The molecule has 1 N–H and O–H groups in total. The fourth-order valence-corrected chi connectivity index (χ4v) is 2.21. The monoisotopic (exact) mass is 322 g/mol. The molecule has 0 heterocycles. The number of hydrogen-bond acceptors (Lipinski definition) is 4. The Morgan fingerprint density at radius 1 is 1.53 bits per heavy atom. The zero-order valence-electron chi connectivity index (χ0n) is 9.20. The van der Waals surface area contributed by atoms with Crippen molar-refractivity contribution in [3.8, 4) is 5.75 Å². The Labute approximate surface area is 113 Å². The maximum Gasteiger partial charge on any atom is 0.344 e. The molecule has 0 fully saturated rings. The van der Waals surface area contributed by atoms with Gasteiger partial charge in [-0.25, -0.2) is 4.79 Å². The zero-order valence-corrected chi connectivity index (χ0v) is 11.5. The van der Waals surface area contributed by atoms with Crippen molar-refractivity contribution < 1.29 is 19.4 Å². The van der Waals surface area contributed by atoms with Crippen molar-refractivity contribution in [2.75, 3.05) is 13.2 Å². The highest BCUT2D eigenvalue weighted by molar-refractivity contribution is 9.10. The van der Waals surface area contributed by atoms with E-state index >= 15 is 0 Å². The first-order chi connectivity index (χ1) is 8.08. The largest absolute Gasteiger partial charge is 0.479 e. The molecule has 0 aromatic heterocycles. The summed E-state index contributed by atoms with van der Waals surface area (Å²) >= 11 is 9.21. The summed E-state index contributed by atoms with van der Waals surface area (Å²) in [6.07, 6.45) is 0. The van der Waals surface area contributed by atoms with Crippen molar-refractivity contribution in [3.05, 3.63) is 27.2 Å². The minimum absolute atomic E-state index is 0.115. The van der Waals surface area contributed by atoms with E-state index in [2.05, 4.69) is 15.9 Å². The van der Waals surface area contributed by atoms with Crippen LogP contribution in [0.3, 0.4) is 0 Å². The molecule has 94 valence electrons. The van der Waals surface area contributed by atoms with E-state index in [1.165, 1.54) is 0 Å². The lowest BCUT2D eigenvalue weighted by molar-refractivity contribution is -0.145. The Morgan fingerprint density at radius 2 is 2.24 bits per heavy atom. The highest BCUT2D eigenvalue weighted by Crippen LogP contribution is 2.34. The third kappa shape index (κ3) is 4.18. The normalized spacial score (nSPS) is 10.1. The maximum absolute atomic E-state index is 11.1. The second-order valence-corrected chi connectivity index (χ2v) is 4.40. The molecular weight excluding hydrogens is 311 g/mol. The lowest BCUT2D eigenvalue weighted by atomic mass is 10.2. The molecule has 0 radical (unpaired) electrons. The Hall–Kier alpha value is -0.780. The summed E-state index contributed by atoms with van der Waals surface area (Å²) < 4.78 is 10.6. The molecule has 0 aliphatic rings. The number of carbonyl (C=O) groups excluding carboxylic acids is 1. The first kappa shape index (κ1) is 14.3. The molecule has 17 heavy (non-hydrogen) atoms. The van der Waals surface area contributed by atoms with E-state index in [9.17, 15) is 4.79 Å². The highest BCUT2D eigenvalue weighted by atomic mass is 79.9. The van der Waals surface area contributed by atoms with Crippen LogP contribution in [-0.4, -0.2) is 24.3 Å². The van der Waals surface area contributed by atoms with Crippen molar-refractivity contribution in [2.24, 2.45) is 0 Å². The molecule has 0 saturated carbocycles. The maximum atomic E-state index is 11.1. The van der Waals surface area contributed by atoms with Gasteiger partial charge in [-0.1, -0.05) is 11.6 Å². The van der Waals surface area contributed by atoms with Crippen molar-refractivity contribution >= 4 is 33.5 Å². The van der Waals surface area contributed by atoms with Gasteiger partial charge in [-0.2, -0.15) is 0 Å². The van der Waals surface area contributed by atoms with Gasteiger partial charge in [0.2, 0.25) is 0 Å². The molecule has 0 atom stereocenters. The van der Waals surface area contributed by atoms with Crippen LogP contribution in [0.4, 0.5) is 0 Å². The Kier molecular flexibility index (Phi) is 5.74. The van der Waals surface area contributed by atoms with Gasteiger partial charge in [-0.05, 0) is 40.5 Å². The summed E-state index contributed by atoms with van der Waals surface area (Å²) in [6.45, 7) is 1.71. The molecule has 1 rings (SSSR count). The van der Waals surface area contributed by atoms with Gasteiger partial charge in [-0.15, -0.1) is 0 Å². The molecule has 0 aliphatic heterocycles. The fraction of sp³-hybridized carbons (Fsp3) is 0.364. The van der Waals surface area contributed by atoms with Crippen molar-refractivity contribution in [2.45, 2.75) is 13.5 Å². The molecule has 0 bridgehead atoms. The zero-order chi connectivity index (χ0) is 12.8. The van der Waals surface area contributed by atoms with Crippen LogP contribution in [0.1, 0.15) is 12.5 Å². The van der Waals surface area contributed by atoms with E-state index in [0.29, 0.717) is 27.4 Å². The molecule has 0 aliphatic carbocycles. The van der Waals surface area contributed by atoms with Crippen molar-refractivity contribution in [1.29, 1.82) is 0 Å². The van der Waals surface area contributed by atoms with Crippen LogP contribution in [0.5, 0.6) is 5.75 Å². The minimum Gasteiger partial charge on any atom is -0.479 e. The first-order valence-corrected chi connectivity index (χ1v) is 6.12. The number of rotatable bonds is 5. The highest BCUT2D eigenvalue weighted by Gasteiger charge is 2.11. The van der Waals surface area contributed by atoms with E-state index in [1.54, 1.807) is 19.1 Å². The Morgan fingerprint density at radius 3 is 2.76 bits per heavy atom. The standard InChI is InChI=1S/C11H12BrClO4/c1-2-16-10(15)6-17-11-8(12)3-7(5-14)4-9(11)13/h3-4,14H,2,5-6H2,1H3. The van der Waals surface area contributed by atoms with Crippen LogP contribution in [0.15, 0.2) is 16.6 Å². The Balaban J connectivity index is 2.74. The average Bonchev–Trinajstić information content (AvgIpc) is 2.28. The van der Waals surface area contributed by atoms with Gasteiger partial charge in [0.15, 0.2) is 12.4 Å². The first-order valence-electron chi connectivity index (χ1n) is 4.95. The fourth-order valence-electron chi connectivity index (χ4n) is 1.18. The third-order valence-corrected chi connectivity index (χ3v) is 2.75. The molecule has 1 aromatic carbocycles. The third-order valence-electron chi connectivity index (χ3n) is 1.88. The van der Waals surface area contributed by atoms with Crippen molar-refractivity contribution in [3.63, 3.8) is 0 Å². The van der Waals surface area contributed by atoms with Gasteiger partial charge in [0.25, 0.3) is 0 Å². The Bertz CT molecular complexity index is 385. The molecule has 4 nitrogen and oxygen atoms in total. The van der Waals surface area contributed by atoms with Gasteiger partial charge < -0.3 is 14.6 Å². The lowest BCUT2D eigenvalue weighted by Gasteiger charge is -2.10. The van der Waals surface area contributed by atoms with Crippen LogP contribution in [-0.2, 0) is 16.1 Å². The van der Waals surface area contributed by atoms with Crippen molar-refractivity contribution in [1.82, 2.24) is 0 Å². The van der Waals surface area contributed by atoms with E-state index < -0.39 is 5.97 Å². The predicted molar refractivity (Wildman–Crippen MR) is 67.2 cm³/mol. The molecule has 0 saturated heterocycles. The van der Waals surface area contributed by atoms with E-state index in [4.69, 9.17) is 26.2 Å². The number of halogens is 2. The molecule has 6 heteroatoms. The second-order valence-electron chi connectivity index (χ2n) is 3.14. The van der Waals surface area contributed by atoms with Crippen LogP contribution >= 0.6 is 27.5 Å². The summed E-state index contributed by atoms with van der Waals surface area (Å²) in [6, 6.07) is 3.25. The summed E-state index contributed by atoms with van der Waals surface area (Å²) in [4.78, 5) is 11.1. The summed E-state index contributed by atoms with van der Waals surface area (Å²) in [5.74, 6) is -0.0985. The molecule has 0 unspecified atom stereocenters. The number of carbonyl (C=O) groups is 1. The predicted octanol–water partition coefficient (Wildman–Crippen LogP) is 2.54. The van der Waals surface area contributed by atoms with Crippen LogP contribution in [0, 0.1) is 0 Å². The van der Waals surface area contributed by atoms with Gasteiger partial charge in [0.1, 0.15) is 0 Å². The summed E-state index contributed by atoms with van der Waals surface area (Å²) in [5.41, 5.74) is 0.658. The van der Waals surface area contributed by atoms with Gasteiger partial charge in [0, 0.05) is 0 Å². The number of esters is 1. The average molecular weight is 324 g/mol. The summed E-state index contributed by atoms with van der Waals surface area (Å²) in [7, 11) is 0. The molecular formula is C11H12BrClO4. The van der Waals surface area contributed by atoms with Crippen LogP contribution < -0.4 is 4.74 Å². The van der Waals surface area contributed by atoms with E-state index in [0.717, 1.165) is 0 Å². The van der Waals surface area contributed by atoms with Crippen LogP contribution in [0.25, 0.3) is 0 Å². The number of hydrogen-bond donors (Lipinski definition) is 1. The second kappa shape index (κ2) is 6.83. The number of benzene rings is 1. The molecule has 1 aromatic rings. The quantitative estimate of drug-likeness (QED) is 0.846.